The van der Waals surface area contributed by atoms with E-state index in [-0.39, 0.29) is 17.2 Å². The topological polar surface area (TPSA) is 96.1 Å². The Labute approximate surface area is 185 Å². The van der Waals surface area contributed by atoms with Crippen molar-refractivity contribution in [1.82, 2.24) is 15.1 Å². The van der Waals surface area contributed by atoms with Crippen molar-refractivity contribution in [2.45, 2.75) is 0 Å². The first kappa shape index (κ1) is 21.8. The van der Waals surface area contributed by atoms with E-state index in [1.54, 1.807) is 42.5 Å². The first-order chi connectivity index (χ1) is 15.6. The molecule has 4 rings (SSSR count). The first-order valence-corrected chi connectivity index (χ1v) is 10.6. The molecule has 2 N–H and O–H groups in total. The Morgan fingerprint density at radius 1 is 1.09 bits per heavy atom. The number of carbonyl (C=O) groups excluding carboxylic acids is 1. The van der Waals surface area contributed by atoms with Crippen molar-refractivity contribution in [1.29, 1.82) is 0 Å². The highest BCUT2D eigenvalue weighted by atomic mass is 16.5. The molecule has 1 saturated heterocycles. The summed E-state index contributed by atoms with van der Waals surface area (Å²) in [5.74, 6) is 0.707. The summed E-state index contributed by atoms with van der Waals surface area (Å²) in [5.41, 5.74) is 0.313. The van der Waals surface area contributed by atoms with Crippen LogP contribution in [-0.4, -0.2) is 69.3 Å². The van der Waals surface area contributed by atoms with Gasteiger partial charge in [0.15, 0.2) is 5.69 Å². The number of quaternary nitrogens is 1. The van der Waals surface area contributed by atoms with Gasteiger partial charge in [-0.1, -0.05) is 18.2 Å². The molecule has 1 fully saturated rings. The predicted molar refractivity (Wildman–Crippen MR) is 119 cm³/mol. The van der Waals surface area contributed by atoms with Crippen LogP contribution in [0, 0.1) is 0 Å². The largest absolute Gasteiger partial charge is 0.497 e. The molecule has 1 aliphatic heterocycles. The van der Waals surface area contributed by atoms with E-state index in [0.29, 0.717) is 34.5 Å². The van der Waals surface area contributed by atoms with Crippen LogP contribution in [0.4, 0.5) is 0 Å². The molecule has 1 aliphatic rings. The highest BCUT2D eigenvalue weighted by molar-refractivity contribution is 6.04. The number of nitrogens with zero attached hydrogens (tertiary/aromatic N) is 2. The zero-order chi connectivity index (χ0) is 22.5. The van der Waals surface area contributed by atoms with E-state index in [4.69, 9.17) is 14.2 Å². The van der Waals surface area contributed by atoms with Crippen molar-refractivity contribution in [3.05, 3.63) is 58.5 Å². The van der Waals surface area contributed by atoms with Crippen LogP contribution in [0.25, 0.3) is 16.5 Å². The second-order valence-corrected chi connectivity index (χ2v) is 7.55. The Hall–Kier alpha value is -3.43. The maximum atomic E-state index is 13.2. The number of aromatic nitrogens is 2. The van der Waals surface area contributed by atoms with Crippen LogP contribution in [0.5, 0.6) is 11.5 Å². The highest BCUT2D eigenvalue weighted by Crippen LogP contribution is 2.24. The van der Waals surface area contributed by atoms with Gasteiger partial charge in [0.1, 0.15) is 24.6 Å². The van der Waals surface area contributed by atoms with Gasteiger partial charge in [-0.3, -0.25) is 9.59 Å². The van der Waals surface area contributed by atoms with Crippen LogP contribution in [0.15, 0.2) is 47.3 Å². The lowest BCUT2D eigenvalue weighted by Gasteiger charge is -2.23. The number of amides is 1. The number of hydrogen-bond donors (Lipinski definition) is 2. The zero-order valence-corrected chi connectivity index (χ0v) is 18.2. The lowest BCUT2D eigenvalue weighted by molar-refractivity contribution is -0.906. The molecular weight excluding hydrogens is 412 g/mol. The second-order valence-electron chi connectivity index (χ2n) is 7.55. The Morgan fingerprint density at radius 2 is 1.75 bits per heavy atom. The predicted octanol–water partition coefficient (Wildman–Crippen LogP) is 0.0478. The summed E-state index contributed by atoms with van der Waals surface area (Å²) in [6.07, 6.45) is 0. The number of morpholine rings is 1. The number of ether oxygens (including phenoxy) is 3. The molecule has 168 valence electrons. The quantitative estimate of drug-likeness (QED) is 0.540. The van der Waals surface area contributed by atoms with Crippen LogP contribution in [0.3, 0.4) is 0 Å². The zero-order valence-electron chi connectivity index (χ0n) is 18.2. The summed E-state index contributed by atoms with van der Waals surface area (Å²) in [7, 11) is 3.06. The lowest BCUT2D eigenvalue weighted by atomic mass is 10.1. The van der Waals surface area contributed by atoms with E-state index in [1.807, 2.05) is 0 Å². The molecule has 3 aromatic rings. The van der Waals surface area contributed by atoms with Gasteiger partial charge in [0, 0.05) is 23.6 Å². The first-order valence-electron chi connectivity index (χ1n) is 10.6. The smallest absolute Gasteiger partial charge is 0.279 e. The number of nitrogens with one attached hydrogen (secondary N) is 2. The van der Waals surface area contributed by atoms with Gasteiger partial charge < -0.3 is 24.4 Å². The van der Waals surface area contributed by atoms with E-state index in [0.717, 1.165) is 32.8 Å². The molecule has 32 heavy (non-hydrogen) atoms. The number of carbonyl (C=O) groups is 1. The molecular formula is C23H27N4O5+. The summed E-state index contributed by atoms with van der Waals surface area (Å²) < 4.78 is 17.2. The minimum atomic E-state index is -0.329. The number of hydrogen-bond acceptors (Lipinski definition) is 6. The van der Waals surface area contributed by atoms with Gasteiger partial charge >= 0.3 is 0 Å². The molecule has 1 aromatic heterocycles. The molecule has 2 heterocycles. The van der Waals surface area contributed by atoms with E-state index >= 15 is 0 Å². The Kier molecular flexibility index (Phi) is 6.67. The maximum Gasteiger partial charge on any atom is 0.279 e. The monoisotopic (exact) mass is 439 g/mol. The minimum Gasteiger partial charge on any atom is -0.497 e. The van der Waals surface area contributed by atoms with Gasteiger partial charge in [0.25, 0.3) is 11.5 Å². The number of fused-ring (bicyclic) bond motifs is 1. The fourth-order valence-electron chi connectivity index (χ4n) is 3.79. The average molecular weight is 439 g/mol. The van der Waals surface area contributed by atoms with Gasteiger partial charge in [-0.25, -0.2) is 0 Å². The molecule has 9 heteroatoms. The van der Waals surface area contributed by atoms with Crippen molar-refractivity contribution >= 4 is 16.7 Å². The molecule has 0 radical (unpaired) electrons. The van der Waals surface area contributed by atoms with Crippen molar-refractivity contribution in [3.8, 4) is 17.2 Å². The summed E-state index contributed by atoms with van der Waals surface area (Å²) in [6.45, 7) is 4.66. The number of benzene rings is 2. The molecule has 0 aliphatic carbocycles. The molecule has 0 bridgehead atoms. The average Bonchev–Trinajstić information content (AvgIpc) is 2.84. The van der Waals surface area contributed by atoms with Crippen LogP contribution in [0.1, 0.15) is 10.5 Å². The van der Waals surface area contributed by atoms with Crippen molar-refractivity contribution in [3.63, 3.8) is 0 Å². The Morgan fingerprint density at radius 3 is 2.41 bits per heavy atom. The fraction of sp³-hybridized carbons (Fsp3) is 0.348. The van der Waals surface area contributed by atoms with Crippen molar-refractivity contribution in [2.24, 2.45) is 0 Å². The molecule has 0 spiro atoms. The summed E-state index contributed by atoms with van der Waals surface area (Å²) in [6, 6.07) is 12.0. The standard InChI is InChI=1S/C23H26N4O5/c1-30-17-13-16(14-18(15-17)31-2)27-23(29)20-6-4-3-5-19(20)21(25-27)22(28)24-7-8-26-9-11-32-12-10-26/h3-6,13-15H,7-12H2,1-2H3,(H,24,28)/p+1. The van der Waals surface area contributed by atoms with E-state index in [1.165, 1.54) is 23.8 Å². The van der Waals surface area contributed by atoms with Gasteiger partial charge in [-0.15, -0.1) is 0 Å². The molecule has 0 unspecified atom stereocenters. The molecule has 0 saturated carbocycles. The summed E-state index contributed by atoms with van der Waals surface area (Å²) in [4.78, 5) is 27.7. The van der Waals surface area contributed by atoms with Crippen LogP contribution >= 0.6 is 0 Å². The Balaban J connectivity index is 1.69. The Bertz CT molecular complexity index is 1150. The fourth-order valence-corrected chi connectivity index (χ4v) is 3.79. The van der Waals surface area contributed by atoms with E-state index < -0.39 is 0 Å². The third kappa shape index (κ3) is 4.58. The third-order valence-corrected chi connectivity index (χ3v) is 5.56. The van der Waals surface area contributed by atoms with Crippen molar-refractivity contribution in [2.75, 3.05) is 53.6 Å². The van der Waals surface area contributed by atoms with Crippen molar-refractivity contribution < 1.29 is 23.9 Å². The van der Waals surface area contributed by atoms with Gasteiger partial charge in [0.05, 0.1) is 51.6 Å². The number of rotatable bonds is 7. The molecule has 0 atom stereocenters. The van der Waals surface area contributed by atoms with Crippen LogP contribution in [-0.2, 0) is 4.74 Å². The normalized spacial score (nSPS) is 14.3. The highest BCUT2D eigenvalue weighted by Gasteiger charge is 2.19. The van der Waals surface area contributed by atoms with Gasteiger partial charge in [-0.05, 0) is 6.07 Å². The maximum absolute atomic E-state index is 13.2. The lowest BCUT2D eigenvalue weighted by Crippen LogP contribution is -3.14. The minimum absolute atomic E-state index is 0.193. The van der Waals surface area contributed by atoms with Crippen LogP contribution in [0.2, 0.25) is 0 Å². The summed E-state index contributed by atoms with van der Waals surface area (Å²) >= 11 is 0. The molecule has 9 nitrogen and oxygen atoms in total. The third-order valence-electron chi connectivity index (χ3n) is 5.56. The molecule has 1 amide bonds. The van der Waals surface area contributed by atoms with Crippen LogP contribution < -0.4 is 25.2 Å². The van der Waals surface area contributed by atoms with Gasteiger partial charge in [0.2, 0.25) is 0 Å². The number of methoxy groups -OCH3 is 2. The van der Waals surface area contributed by atoms with E-state index in [9.17, 15) is 9.59 Å². The second kappa shape index (κ2) is 9.80. The van der Waals surface area contributed by atoms with Gasteiger partial charge in [-0.2, -0.15) is 9.78 Å². The SMILES string of the molecule is COc1cc(OC)cc(-n2nc(C(=O)NCC[NH+]3CCOCC3)c3ccccc3c2=O)c1. The summed E-state index contributed by atoms with van der Waals surface area (Å²) in [5, 5.41) is 8.32. The molecule has 2 aromatic carbocycles. The van der Waals surface area contributed by atoms with E-state index in [2.05, 4.69) is 10.4 Å².